The van der Waals surface area contributed by atoms with Crippen LogP contribution in [0.3, 0.4) is 0 Å². The molecule has 0 N–H and O–H groups in total. The number of hydrogen-bond acceptors (Lipinski definition) is 2. The van der Waals surface area contributed by atoms with Crippen LogP contribution in [0, 0.1) is 24.2 Å². The number of hydrogen-bond donors (Lipinski definition) is 0. The standard InChI is InChI=1S/C25H27NO2.H/c1-2-20-10-11-21-8-6-19(16-23(21)24(20)17-27)14-18-7-9-22(15-18)25(28)26-12-4-3-5-13-26;/h1,6,8,10-11,16-18,22H,3-5,7,9,12-15H2;. The number of carbonyl (C=O) groups excluding carboxylic acids is 2. The van der Waals surface area contributed by atoms with E-state index in [-0.39, 0.29) is 7.34 Å². The maximum Gasteiger partial charge on any atom is 0.225 e. The molecule has 2 aromatic rings. The molecular formula is C25H28NO2. The zero-order valence-corrected chi connectivity index (χ0v) is 16.3. The van der Waals surface area contributed by atoms with E-state index in [1.807, 2.05) is 12.1 Å². The summed E-state index contributed by atoms with van der Waals surface area (Å²) in [6.07, 6.45) is 14.0. The number of nitrogens with zero attached hydrogens (tertiary/aromatic N) is 1. The van der Waals surface area contributed by atoms with Gasteiger partial charge >= 0.3 is 0 Å². The lowest BCUT2D eigenvalue weighted by atomic mass is 9.92. The van der Waals surface area contributed by atoms with Crippen molar-refractivity contribution < 1.29 is 11.0 Å². The number of benzene rings is 2. The molecule has 28 heavy (non-hydrogen) atoms. The molecule has 3 heteroatoms. The molecule has 1 amide bonds. The quantitative estimate of drug-likeness (QED) is 0.574. The second-order valence-corrected chi connectivity index (χ2v) is 8.31. The molecule has 4 rings (SSSR count). The molecule has 1 saturated heterocycles. The Morgan fingerprint density at radius 2 is 1.96 bits per heavy atom. The summed E-state index contributed by atoms with van der Waals surface area (Å²) in [5.74, 6) is 3.72. The van der Waals surface area contributed by atoms with Crippen molar-refractivity contribution in [3.8, 4) is 12.3 Å². The van der Waals surface area contributed by atoms with E-state index in [1.54, 1.807) is 0 Å². The van der Waals surface area contributed by atoms with Crippen molar-refractivity contribution in [1.82, 2.24) is 4.90 Å². The van der Waals surface area contributed by atoms with Gasteiger partial charge in [-0.2, -0.15) is 0 Å². The van der Waals surface area contributed by atoms with Gasteiger partial charge in [-0.1, -0.05) is 30.2 Å². The lowest BCUT2D eigenvalue weighted by Gasteiger charge is -2.29. The van der Waals surface area contributed by atoms with Gasteiger partial charge in [-0.3, -0.25) is 9.59 Å². The summed E-state index contributed by atoms with van der Waals surface area (Å²) in [6, 6.07) is 10.1. The van der Waals surface area contributed by atoms with Gasteiger partial charge in [0.1, 0.15) is 0 Å². The molecule has 1 radical (unpaired) electrons. The minimum Gasteiger partial charge on any atom is -0.342 e. The van der Waals surface area contributed by atoms with Crippen molar-refractivity contribution in [2.24, 2.45) is 11.8 Å². The van der Waals surface area contributed by atoms with Crippen LogP contribution in [0.1, 0.15) is 61.4 Å². The average Bonchev–Trinajstić information content (AvgIpc) is 3.21. The van der Waals surface area contributed by atoms with Crippen LogP contribution in [0.2, 0.25) is 0 Å². The Labute approximate surface area is 168 Å². The summed E-state index contributed by atoms with van der Waals surface area (Å²) in [4.78, 5) is 26.5. The van der Waals surface area contributed by atoms with Gasteiger partial charge in [-0.05, 0) is 73.3 Å². The zero-order chi connectivity index (χ0) is 19.5. The van der Waals surface area contributed by atoms with Crippen LogP contribution >= 0.6 is 0 Å². The number of piperidine rings is 1. The van der Waals surface area contributed by atoms with Gasteiger partial charge in [0.05, 0.1) is 0 Å². The Morgan fingerprint density at radius 1 is 1.18 bits per heavy atom. The first kappa shape index (κ1) is 18.7. The van der Waals surface area contributed by atoms with Crippen molar-refractivity contribution in [3.05, 3.63) is 47.0 Å². The molecule has 145 valence electrons. The van der Waals surface area contributed by atoms with Crippen LogP contribution < -0.4 is 0 Å². The minimum atomic E-state index is 0. The number of carbonyl (C=O) groups is 2. The third-order valence-corrected chi connectivity index (χ3v) is 6.48. The Balaban J connectivity index is 0.00000240. The molecular weight excluding hydrogens is 346 g/mol. The zero-order valence-electron chi connectivity index (χ0n) is 17.3. The van der Waals surface area contributed by atoms with E-state index in [0.29, 0.717) is 23.0 Å². The van der Waals surface area contributed by atoms with E-state index in [4.69, 9.17) is 6.42 Å². The summed E-state index contributed by atoms with van der Waals surface area (Å²) in [5.41, 5.74) is 2.47. The van der Waals surface area contributed by atoms with Crippen LogP contribution in [0.15, 0.2) is 30.3 Å². The summed E-state index contributed by atoms with van der Waals surface area (Å²) >= 11 is 0. The molecule has 2 aromatic carbocycles. The lowest BCUT2D eigenvalue weighted by Crippen LogP contribution is -2.39. The first-order valence-corrected chi connectivity index (χ1v) is 10.5. The molecule has 0 spiro atoms. The first-order valence-electron chi connectivity index (χ1n) is 10.5. The van der Waals surface area contributed by atoms with Crippen molar-refractivity contribution in [2.45, 2.75) is 44.9 Å². The number of aldehydes is 1. The monoisotopic (exact) mass is 374 g/mol. The van der Waals surface area contributed by atoms with Crippen molar-refractivity contribution in [2.75, 3.05) is 13.1 Å². The molecule has 1 aliphatic carbocycles. The van der Waals surface area contributed by atoms with Crippen molar-refractivity contribution >= 4 is 23.0 Å². The highest BCUT2D eigenvalue weighted by atomic mass is 16.2. The smallest absolute Gasteiger partial charge is 0.225 e. The molecule has 2 atom stereocenters. The number of rotatable bonds is 4. The highest BCUT2D eigenvalue weighted by Gasteiger charge is 2.33. The van der Waals surface area contributed by atoms with Gasteiger partial charge in [-0.15, -0.1) is 6.42 Å². The fraction of sp³-hybridized carbons (Fsp3) is 0.440. The van der Waals surface area contributed by atoms with Gasteiger partial charge < -0.3 is 4.90 Å². The van der Waals surface area contributed by atoms with Crippen LogP contribution in [-0.4, -0.2) is 30.2 Å². The first-order chi connectivity index (χ1) is 13.7. The molecule has 0 aromatic heterocycles. The van der Waals surface area contributed by atoms with Gasteiger partial charge in [0.2, 0.25) is 5.91 Å². The van der Waals surface area contributed by atoms with Gasteiger partial charge in [-0.25, -0.2) is 0 Å². The van der Waals surface area contributed by atoms with E-state index in [2.05, 4.69) is 29.0 Å². The third kappa shape index (κ3) is 3.69. The predicted molar refractivity (Wildman–Crippen MR) is 113 cm³/mol. The Hall–Kier alpha value is -2.60. The Kier molecular flexibility index (Phi) is 5.48. The normalized spacial score (nSPS) is 22.2. The van der Waals surface area contributed by atoms with Crippen LogP contribution in [0.4, 0.5) is 0 Å². The van der Waals surface area contributed by atoms with E-state index in [9.17, 15) is 9.59 Å². The van der Waals surface area contributed by atoms with Crippen molar-refractivity contribution in [3.63, 3.8) is 0 Å². The van der Waals surface area contributed by atoms with E-state index in [1.165, 1.54) is 12.0 Å². The second kappa shape index (κ2) is 8.19. The molecule has 3 nitrogen and oxygen atoms in total. The molecule has 2 fully saturated rings. The number of amides is 1. The maximum atomic E-state index is 12.8. The maximum absolute atomic E-state index is 12.8. The van der Waals surface area contributed by atoms with Gasteiger partial charge in [0.15, 0.2) is 6.29 Å². The molecule has 1 saturated carbocycles. The molecule has 0 bridgehead atoms. The Morgan fingerprint density at radius 3 is 2.71 bits per heavy atom. The molecule has 1 heterocycles. The molecule has 1 aliphatic heterocycles. The molecule has 2 unspecified atom stereocenters. The highest BCUT2D eigenvalue weighted by Crippen LogP contribution is 2.35. The minimum absolute atomic E-state index is 0. The number of terminal acetylenes is 1. The largest absolute Gasteiger partial charge is 0.342 e. The summed E-state index contributed by atoms with van der Waals surface area (Å²) in [5, 5.41) is 1.97. The fourth-order valence-corrected chi connectivity index (χ4v) is 4.96. The van der Waals surface area contributed by atoms with Crippen molar-refractivity contribution in [1.29, 1.82) is 0 Å². The van der Waals surface area contributed by atoms with Gasteiger partial charge in [0, 0.05) is 31.6 Å². The van der Waals surface area contributed by atoms with E-state index < -0.39 is 0 Å². The third-order valence-electron chi connectivity index (χ3n) is 6.48. The average molecular weight is 375 g/mol. The SMILES string of the molecule is C#Cc1ccc2ccc(CC3CCC(C(=O)N4CCCCC4)C3)cc2c1C=O.[H]. The Bertz CT molecular complexity index is 940. The second-order valence-electron chi connectivity index (χ2n) is 8.31. The van der Waals surface area contributed by atoms with Crippen LogP contribution in [-0.2, 0) is 11.2 Å². The summed E-state index contributed by atoms with van der Waals surface area (Å²) in [6.45, 7) is 1.88. The van der Waals surface area contributed by atoms with Crippen LogP contribution in [0.25, 0.3) is 10.8 Å². The lowest BCUT2D eigenvalue weighted by molar-refractivity contribution is -0.136. The highest BCUT2D eigenvalue weighted by molar-refractivity contribution is 6.00. The topological polar surface area (TPSA) is 37.4 Å². The van der Waals surface area contributed by atoms with E-state index >= 15 is 0 Å². The number of fused-ring (bicyclic) bond motifs is 1. The van der Waals surface area contributed by atoms with Crippen LogP contribution in [0.5, 0.6) is 0 Å². The predicted octanol–water partition coefficient (Wildman–Crippen LogP) is 4.72. The summed E-state index contributed by atoms with van der Waals surface area (Å²) < 4.78 is 0. The summed E-state index contributed by atoms with van der Waals surface area (Å²) in [7, 11) is 0. The fourth-order valence-electron chi connectivity index (χ4n) is 4.96. The van der Waals surface area contributed by atoms with Gasteiger partial charge in [0.25, 0.3) is 0 Å². The van der Waals surface area contributed by atoms with E-state index in [0.717, 1.165) is 68.7 Å². The number of likely N-dealkylation sites (tertiary alicyclic amines) is 1. The molecule has 2 aliphatic rings.